The summed E-state index contributed by atoms with van der Waals surface area (Å²) in [7, 11) is 1.60. The molecule has 2 N–H and O–H groups in total. The molecule has 1 aromatic carbocycles. The Morgan fingerprint density at radius 1 is 1.24 bits per heavy atom. The van der Waals surface area contributed by atoms with Crippen molar-refractivity contribution in [1.29, 1.82) is 0 Å². The minimum Gasteiger partial charge on any atom is -0.382 e. The Bertz CT molecular complexity index is 669. The van der Waals surface area contributed by atoms with E-state index in [2.05, 4.69) is 15.5 Å². The summed E-state index contributed by atoms with van der Waals surface area (Å²) in [6, 6.07) is 6.85. The molecule has 0 saturated heterocycles. The predicted molar refractivity (Wildman–Crippen MR) is 77.4 cm³/mol. The monoisotopic (exact) mass is 291 g/mol. The maximum absolute atomic E-state index is 12.1. The first-order valence-electron chi connectivity index (χ1n) is 6.56. The molecule has 112 valence electrons. The van der Waals surface area contributed by atoms with Gasteiger partial charge < -0.3 is 14.8 Å². The highest BCUT2D eigenvalue weighted by atomic mass is 16.5. The Labute approximate surface area is 121 Å². The number of amides is 1. The van der Waals surface area contributed by atoms with Crippen molar-refractivity contribution in [3.8, 4) is 0 Å². The molecule has 0 unspecified atom stereocenters. The third-order valence-electron chi connectivity index (χ3n) is 2.87. The van der Waals surface area contributed by atoms with Gasteiger partial charge in [0.05, 0.1) is 25.2 Å². The minimum absolute atomic E-state index is 0.196. The summed E-state index contributed by atoms with van der Waals surface area (Å²) in [5, 5.41) is 9.82. The Hall–Kier alpha value is -2.25. The van der Waals surface area contributed by atoms with Gasteiger partial charge in [-0.3, -0.25) is 9.59 Å². The van der Waals surface area contributed by atoms with E-state index in [1.807, 2.05) is 0 Å². The SMILES string of the molecule is COCCOCCNC(=O)c1n[nH]c(=O)c2ccccc12. The van der Waals surface area contributed by atoms with Gasteiger partial charge in [0.2, 0.25) is 0 Å². The third kappa shape index (κ3) is 3.87. The maximum atomic E-state index is 12.1. The number of rotatable bonds is 7. The van der Waals surface area contributed by atoms with Gasteiger partial charge in [-0.25, -0.2) is 5.10 Å². The highest BCUT2D eigenvalue weighted by molar-refractivity contribution is 6.04. The van der Waals surface area contributed by atoms with E-state index in [9.17, 15) is 9.59 Å². The van der Waals surface area contributed by atoms with Crippen LogP contribution in [0.25, 0.3) is 10.8 Å². The van der Waals surface area contributed by atoms with Crippen molar-refractivity contribution in [2.24, 2.45) is 0 Å². The number of nitrogens with zero attached hydrogens (tertiary/aromatic N) is 1. The van der Waals surface area contributed by atoms with E-state index in [-0.39, 0.29) is 17.2 Å². The summed E-state index contributed by atoms with van der Waals surface area (Å²) >= 11 is 0. The molecule has 0 atom stereocenters. The van der Waals surface area contributed by atoms with E-state index in [0.29, 0.717) is 37.1 Å². The van der Waals surface area contributed by atoms with Crippen LogP contribution < -0.4 is 10.9 Å². The molecule has 0 spiro atoms. The summed E-state index contributed by atoms with van der Waals surface area (Å²) in [6.45, 7) is 1.74. The number of nitrogens with one attached hydrogen (secondary N) is 2. The first kappa shape index (κ1) is 15.1. The van der Waals surface area contributed by atoms with Crippen molar-refractivity contribution in [3.05, 3.63) is 40.3 Å². The number of carbonyl (C=O) groups is 1. The molecule has 1 amide bonds. The number of H-pyrrole nitrogens is 1. The largest absolute Gasteiger partial charge is 0.382 e. The van der Waals surface area contributed by atoms with Crippen molar-refractivity contribution in [3.63, 3.8) is 0 Å². The molecule has 1 heterocycles. The summed E-state index contributed by atoms with van der Waals surface area (Å²) in [5.41, 5.74) is -0.118. The molecule has 0 bridgehead atoms. The molecule has 0 radical (unpaired) electrons. The topological polar surface area (TPSA) is 93.3 Å². The molecular weight excluding hydrogens is 274 g/mol. The molecule has 0 aliphatic rings. The lowest BCUT2D eigenvalue weighted by atomic mass is 10.1. The molecule has 0 aliphatic carbocycles. The van der Waals surface area contributed by atoms with Crippen LogP contribution in [0, 0.1) is 0 Å². The molecule has 21 heavy (non-hydrogen) atoms. The zero-order valence-corrected chi connectivity index (χ0v) is 11.7. The van der Waals surface area contributed by atoms with E-state index >= 15 is 0 Å². The summed E-state index contributed by atoms with van der Waals surface area (Å²) < 4.78 is 10.1. The van der Waals surface area contributed by atoms with E-state index in [0.717, 1.165) is 0 Å². The number of hydrogen-bond donors (Lipinski definition) is 2. The fraction of sp³-hybridized carbons (Fsp3) is 0.357. The Balaban J connectivity index is 2.00. The van der Waals surface area contributed by atoms with Gasteiger partial charge in [0.15, 0.2) is 5.69 Å². The van der Waals surface area contributed by atoms with Crippen molar-refractivity contribution < 1.29 is 14.3 Å². The zero-order valence-electron chi connectivity index (χ0n) is 11.7. The maximum Gasteiger partial charge on any atom is 0.272 e. The van der Waals surface area contributed by atoms with Gasteiger partial charge in [0.25, 0.3) is 11.5 Å². The molecule has 2 aromatic rings. The number of ether oxygens (including phenoxy) is 2. The molecule has 0 saturated carbocycles. The van der Waals surface area contributed by atoms with E-state index in [1.54, 1.807) is 31.4 Å². The van der Waals surface area contributed by atoms with Crippen LogP contribution in [0.15, 0.2) is 29.1 Å². The second-order valence-electron chi connectivity index (χ2n) is 4.31. The minimum atomic E-state index is -0.349. The van der Waals surface area contributed by atoms with Crippen LogP contribution in [-0.4, -0.2) is 49.6 Å². The van der Waals surface area contributed by atoms with Gasteiger partial charge in [-0.05, 0) is 6.07 Å². The van der Waals surface area contributed by atoms with E-state index < -0.39 is 0 Å². The highest BCUT2D eigenvalue weighted by Gasteiger charge is 2.13. The average molecular weight is 291 g/mol. The van der Waals surface area contributed by atoms with Crippen molar-refractivity contribution >= 4 is 16.7 Å². The lowest BCUT2D eigenvalue weighted by molar-refractivity contribution is 0.0692. The molecule has 7 nitrogen and oxygen atoms in total. The second kappa shape index (κ2) is 7.51. The number of methoxy groups -OCH3 is 1. The molecule has 7 heteroatoms. The van der Waals surface area contributed by atoms with Crippen LogP contribution in [0.4, 0.5) is 0 Å². The normalized spacial score (nSPS) is 10.7. The highest BCUT2D eigenvalue weighted by Crippen LogP contribution is 2.11. The Morgan fingerprint density at radius 3 is 2.76 bits per heavy atom. The second-order valence-corrected chi connectivity index (χ2v) is 4.31. The average Bonchev–Trinajstić information content (AvgIpc) is 2.51. The number of carbonyl (C=O) groups excluding carboxylic acids is 1. The molecule has 0 aliphatic heterocycles. The third-order valence-corrected chi connectivity index (χ3v) is 2.87. The molecule has 1 aromatic heterocycles. The predicted octanol–water partition coefficient (Wildman–Crippen LogP) is 0.316. The van der Waals surface area contributed by atoms with Gasteiger partial charge >= 0.3 is 0 Å². The van der Waals surface area contributed by atoms with Crippen molar-refractivity contribution in [2.75, 3.05) is 33.5 Å². The number of benzene rings is 1. The number of fused-ring (bicyclic) bond motifs is 1. The van der Waals surface area contributed by atoms with Crippen LogP contribution in [0.3, 0.4) is 0 Å². The number of hydrogen-bond acceptors (Lipinski definition) is 5. The van der Waals surface area contributed by atoms with Gasteiger partial charge in [-0.1, -0.05) is 18.2 Å². The van der Waals surface area contributed by atoms with Gasteiger partial charge in [-0.15, -0.1) is 0 Å². The van der Waals surface area contributed by atoms with Crippen LogP contribution in [-0.2, 0) is 9.47 Å². The van der Waals surface area contributed by atoms with Gasteiger partial charge in [-0.2, -0.15) is 5.10 Å². The van der Waals surface area contributed by atoms with E-state index in [4.69, 9.17) is 9.47 Å². The first-order valence-corrected chi connectivity index (χ1v) is 6.56. The Morgan fingerprint density at radius 2 is 2.00 bits per heavy atom. The fourth-order valence-corrected chi connectivity index (χ4v) is 1.85. The first-order chi connectivity index (χ1) is 10.2. The van der Waals surface area contributed by atoms with E-state index in [1.165, 1.54) is 0 Å². The Kier molecular flexibility index (Phi) is 5.42. The number of aromatic nitrogens is 2. The van der Waals surface area contributed by atoms with Gasteiger partial charge in [0.1, 0.15) is 0 Å². The standard InChI is InChI=1S/C14H17N3O4/c1-20-8-9-21-7-6-15-14(19)12-10-4-2-3-5-11(10)13(18)17-16-12/h2-5H,6-9H2,1H3,(H,15,19)(H,17,18). The number of aromatic amines is 1. The lowest BCUT2D eigenvalue weighted by Crippen LogP contribution is -2.29. The van der Waals surface area contributed by atoms with Crippen LogP contribution in [0.2, 0.25) is 0 Å². The molecular formula is C14H17N3O4. The quantitative estimate of drug-likeness (QED) is 0.716. The lowest BCUT2D eigenvalue weighted by Gasteiger charge is -2.07. The summed E-state index contributed by atoms with van der Waals surface area (Å²) in [4.78, 5) is 23.7. The zero-order chi connectivity index (χ0) is 15.1. The summed E-state index contributed by atoms with van der Waals surface area (Å²) in [6.07, 6.45) is 0. The van der Waals surface area contributed by atoms with Crippen LogP contribution in [0.1, 0.15) is 10.5 Å². The van der Waals surface area contributed by atoms with Crippen LogP contribution >= 0.6 is 0 Å². The molecule has 0 fully saturated rings. The van der Waals surface area contributed by atoms with Crippen molar-refractivity contribution in [1.82, 2.24) is 15.5 Å². The summed E-state index contributed by atoms with van der Waals surface area (Å²) in [5.74, 6) is -0.349. The van der Waals surface area contributed by atoms with Gasteiger partial charge in [0, 0.05) is 19.0 Å². The van der Waals surface area contributed by atoms with Crippen molar-refractivity contribution in [2.45, 2.75) is 0 Å². The van der Waals surface area contributed by atoms with Crippen LogP contribution in [0.5, 0.6) is 0 Å². The molecule has 2 rings (SSSR count). The smallest absolute Gasteiger partial charge is 0.272 e. The fourth-order valence-electron chi connectivity index (χ4n) is 1.85.